The van der Waals surface area contributed by atoms with Gasteiger partial charge in [0.05, 0.1) is 24.6 Å². The number of anilines is 2. The van der Waals surface area contributed by atoms with Gasteiger partial charge in [-0.15, -0.1) is 0 Å². The van der Waals surface area contributed by atoms with Gasteiger partial charge in [0, 0.05) is 12.6 Å². The van der Waals surface area contributed by atoms with E-state index in [1.807, 2.05) is 6.07 Å². The second-order valence-electron chi connectivity index (χ2n) is 5.76. The molecule has 1 fully saturated rings. The predicted octanol–water partition coefficient (Wildman–Crippen LogP) is 4.24. The second-order valence-corrected chi connectivity index (χ2v) is 5.76. The van der Waals surface area contributed by atoms with Crippen LogP contribution in [0.15, 0.2) is 42.6 Å². The van der Waals surface area contributed by atoms with Gasteiger partial charge in [-0.3, -0.25) is 4.84 Å². The summed E-state index contributed by atoms with van der Waals surface area (Å²) in [6.07, 6.45) is -0.399. The van der Waals surface area contributed by atoms with E-state index in [9.17, 15) is 13.2 Å². The van der Waals surface area contributed by atoms with Gasteiger partial charge in [-0.05, 0) is 42.7 Å². The van der Waals surface area contributed by atoms with E-state index in [1.165, 1.54) is 19.2 Å². The first kappa shape index (κ1) is 16.6. The summed E-state index contributed by atoms with van der Waals surface area (Å²) in [6.45, 7) is 0.557. The molecule has 0 radical (unpaired) electrons. The first-order valence-electron chi connectivity index (χ1n) is 7.65. The predicted molar refractivity (Wildman–Crippen MR) is 85.5 cm³/mol. The number of rotatable bonds is 6. The van der Waals surface area contributed by atoms with Crippen molar-refractivity contribution in [3.05, 3.63) is 53.7 Å². The lowest BCUT2D eigenvalue weighted by molar-refractivity contribution is -0.137. The molecule has 7 heteroatoms. The zero-order chi connectivity index (χ0) is 17.2. The first-order valence-corrected chi connectivity index (χ1v) is 7.65. The fourth-order valence-electron chi connectivity index (χ4n) is 2.53. The summed E-state index contributed by atoms with van der Waals surface area (Å²) in [5.41, 5.74) is 3.81. The molecule has 128 valence electrons. The number of hydrogen-bond donors (Lipinski definition) is 1. The van der Waals surface area contributed by atoms with Crippen LogP contribution in [0.3, 0.4) is 0 Å². The topological polar surface area (TPSA) is 37.4 Å². The average molecular weight is 337 g/mol. The summed E-state index contributed by atoms with van der Waals surface area (Å²) in [5, 5.41) is 0. The third-order valence-electron chi connectivity index (χ3n) is 3.91. The van der Waals surface area contributed by atoms with Gasteiger partial charge in [-0.1, -0.05) is 12.1 Å². The van der Waals surface area contributed by atoms with Crippen molar-refractivity contribution in [1.82, 2.24) is 4.98 Å². The largest absolute Gasteiger partial charge is 0.416 e. The van der Waals surface area contributed by atoms with Gasteiger partial charge in [-0.25, -0.2) is 10.5 Å². The molecule has 3 rings (SSSR count). The normalized spacial score (nSPS) is 14.5. The van der Waals surface area contributed by atoms with Crippen molar-refractivity contribution in [3.8, 4) is 0 Å². The Kier molecular flexibility index (Phi) is 4.62. The van der Waals surface area contributed by atoms with E-state index in [1.54, 1.807) is 12.3 Å². The van der Waals surface area contributed by atoms with Crippen molar-refractivity contribution in [1.29, 1.82) is 0 Å². The number of pyridine rings is 1. The Balaban J connectivity index is 1.74. The monoisotopic (exact) mass is 337 g/mol. The lowest BCUT2D eigenvalue weighted by Gasteiger charge is -2.25. The number of halogens is 3. The third kappa shape index (κ3) is 3.97. The molecule has 0 bridgehead atoms. The van der Waals surface area contributed by atoms with E-state index < -0.39 is 11.7 Å². The van der Waals surface area contributed by atoms with Gasteiger partial charge in [0.1, 0.15) is 5.82 Å². The molecule has 1 N–H and O–H groups in total. The molecule has 0 spiro atoms. The molecular weight excluding hydrogens is 319 g/mol. The summed E-state index contributed by atoms with van der Waals surface area (Å²) in [6, 6.07) is 9.47. The zero-order valence-electron chi connectivity index (χ0n) is 13.2. The molecule has 0 atom stereocenters. The van der Waals surface area contributed by atoms with E-state index in [0.29, 0.717) is 18.4 Å². The molecule has 0 saturated heterocycles. The molecule has 1 aromatic heterocycles. The van der Waals surface area contributed by atoms with Gasteiger partial charge in [0.25, 0.3) is 0 Å². The van der Waals surface area contributed by atoms with E-state index in [-0.39, 0.29) is 0 Å². The maximum atomic E-state index is 12.7. The maximum Gasteiger partial charge on any atom is 0.416 e. The standard InChI is InChI=1S/C17H18F3N3O/c1-24-22-16-9-8-15(10-21-16)23(14-6-7-14)11-12-2-4-13(5-3-12)17(18,19)20/h2-5,8-10,14H,6-7,11H2,1H3,(H,21,22). The van der Waals surface area contributed by atoms with E-state index in [2.05, 4.69) is 15.4 Å². The average Bonchev–Trinajstić information content (AvgIpc) is 3.38. The lowest BCUT2D eigenvalue weighted by Crippen LogP contribution is -2.25. The highest BCUT2D eigenvalue weighted by Gasteiger charge is 2.31. The minimum Gasteiger partial charge on any atom is -0.363 e. The summed E-state index contributed by atoms with van der Waals surface area (Å²) in [4.78, 5) is 11.2. The van der Waals surface area contributed by atoms with Crippen molar-refractivity contribution >= 4 is 11.5 Å². The van der Waals surface area contributed by atoms with Crippen LogP contribution in [0, 0.1) is 0 Å². The molecule has 0 amide bonds. The molecule has 4 nitrogen and oxygen atoms in total. The summed E-state index contributed by atoms with van der Waals surface area (Å²) < 4.78 is 38.0. The van der Waals surface area contributed by atoms with Crippen molar-refractivity contribution in [2.45, 2.75) is 31.6 Å². The highest BCUT2D eigenvalue weighted by molar-refractivity contribution is 5.51. The summed E-state index contributed by atoms with van der Waals surface area (Å²) >= 11 is 0. The lowest BCUT2D eigenvalue weighted by atomic mass is 10.1. The number of hydrogen-bond acceptors (Lipinski definition) is 4. The fourth-order valence-corrected chi connectivity index (χ4v) is 2.53. The second kappa shape index (κ2) is 6.68. The van der Waals surface area contributed by atoms with Crippen molar-refractivity contribution < 1.29 is 18.0 Å². The van der Waals surface area contributed by atoms with E-state index in [4.69, 9.17) is 4.84 Å². The molecule has 0 aliphatic heterocycles. The van der Waals surface area contributed by atoms with Gasteiger partial charge < -0.3 is 4.90 Å². The highest BCUT2D eigenvalue weighted by atomic mass is 19.4. The molecule has 1 aromatic carbocycles. The first-order chi connectivity index (χ1) is 11.5. The number of alkyl halides is 3. The molecule has 1 saturated carbocycles. The van der Waals surface area contributed by atoms with Gasteiger partial charge >= 0.3 is 6.18 Å². The third-order valence-corrected chi connectivity index (χ3v) is 3.91. The summed E-state index contributed by atoms with van der Waals surface area (Å²) in [7, 11) is 1.51. The number of nitrogens with one attached hydrogen (secondary N) is 1. The van der Waals surface area contributed by atoms with E-state index in [0.717, 1.165) is 36.2 Å². The molecule has 1 aliphatic carbocycles. The van der Waals surface area contributed by atoms with Crippen LogP contribution >= 0.6 is 0 Å². The van der Waals surface area contributed by atoms with Crippen molar-refractivity contribution in [2.75, 3.05) is 17.5 Å². The van der Waals surface area contributed by atoms with Gasteiger partial charge in [0.2, 0.25) is 0 Å². The van der Waals surface area contributed by atoms with Crippen LogP contribution in [-0.4, -0.2) is 18.1 Å². The number of aromatic nitrogens is 1. The fraction of sp³-hybridized carbons (Fsp3) is 0.353. The smallest absolute Gasteiger partial charge is 0.363 e. The maximum absolute atomic E-state index is 12.7. The Morgan fingerprint density at radius 3 is 2.38 bits per heavy atom. The molecule has 1 aliphatic rings. The SMILES string of the molecule is CONc1ccc(N(Cc2ccc(C(F)(F)F)cc2)C2CC2)cn1. The van der Waals surface area contributed by atoms with Gasteiger partial charge in [0.15, 0.2) is 0 Å². The van der Waals surface area contributed by atoms with Crippen LogP contribution in [0.1, 0.15) is 24.0 Å². The number of benzene rings is 1. The zero-order valence-corrected chi connectivity index (χ0v) is 13.2. The van der Waals surface area contributed by atoms with Crippen molar-refractivity contribution in [3.63, 3.8) is 0 Å². The van der Waals surface area contributed by atoms with Crippen LogP contribution in [0.2, 0.25) is 0 Å². The quantitative estimate of drug-likeness (QED) is 0.800. The molecule has 1 heterocycles. The Labute approximate surface area is 138 Å². The number of nitrogens with zero attached hydrogens (tertiary/aromatic N) is 2. The van der Waals surface area contributed by atoms with Gasteiger partial charge in [-0.2, -0.15) is 13.2 Å². The minimum atomic E-state index is -4.30. The molecular formula is C17H18F3N3O. The Hall–Kier alpha value is -2.28. The molecule has 24 heavy (non-hydrogen) atoms. The Morgan fingerprint density at radius 1 is 1.17 bits per heavy atom. The summed E-state index contributed by atoms with van der Waals surface area (Å²) in [5.74, 6) is 0.603. The van der Waals surface area contributed by atoms with Crippen LogP contribution in [0.5, 0.6) is 0 Å². The van der Waals surface area contributed by atoms with Crippen LogP contribution < -0.4 is 10.4 Å². The Bertz CT molecular complexity index is 667. The van der Waals surface area contributed by atoms with Crippen LogP contribution in [0.25, 0.3) is 0 Å². The van der Waals surface area contributed by atoms with Crippen LogP contribution in [0.4, 0.5) is 24.7 Å². The van der Waals surface area contributed by atoms with Crippen LogP contribution in [-0.2, 0) is 17.6 Å². The molecule has 0 unspecified atom stereocenters. The van der Waals surface area contributed by atoms with Crippen molar-refractivity contribution in [2.24, 2.45) is 0 Å². The van der Waals surface area contributed by atoms with E-state index >= 15 is 0 Å². The molecule has 2 aromatic rings. The minimum absolute atomic E-state index is 0.412. The Morgan fingerprint density at radius 2 is 1.88 bits per heavy atom. The highest BCUT2D eigenvalue weighted by Crippen LogP contribution is 2.34.